The molecule has 0 radical (unpaired) electrons. The highest BCUT2D eigenvalue weighted by Gasteiger charge is 2.43. The van der Waals surface area contributed by atoms with Crippen molar-refractivity contribution in [2.75, 3.05) is 20.8 Å². The summed E-state index contributed by atoms with van der Waals surface area (Å²) in [6, 6.07) is 7.68. The first-order valence-electron chi connectivity index (χ1n) is 10.4. The van der Waals surface area contributed by atoms with Crippen molar-refractivity contribution < 1.29 is 24.2 Å². The van der Waals surface area contributed by atoms with Gasteiger partial charge in [0.25, 0.3) is 0 Å². The van der Waals surface area contributed by atoms with E-state index < -0.39 is 0 Å². The molecule has 0 saturated heterocycles. The van der Waals surface area contributed by atoms with E-state index in [1.807, 2.05) is 38.1 Å². The summed E-state index contributed by atoms with van der Waals surface area (Å²) in [6.45, 7) is 10.6. The average Bonchev–Trinajstić information content (AvgIpc) is 3.19. The number of phenolic OH excluding ortho intramolecular Hbond substituents is 1. The van der Waals surface area contributed by atoms with E-state index in [0.29, 0.717) is 41.6 Å². The van der Waals surface area contributed by atoms with Crippen LogP contribution >= 0.6 is 0 Å². The lowest BCUT2D eigenvalue weighted by atomic mass is 9.82. The molecule has 2 unspecified atom stereocenters. The minimum atomic E-state index is -0.265. The average molecular weight is 424 g/mol. The van der Waals surface area contributed by atoms with Gasteiger partial charge in [-0.05, 0) is 49.4 Å². The van der Waals surface area contributed by atoms with Gasteiger partial charge in [-0.15, -0.1) is 0 Å². The number of phenols is 1. The molecule has 1 N–H and O–H groups in total. The van der Waals surface area contributed by atoms with Crippen molar-refractivity contribution in [3.8, 4) is 23.0 Å². The Labute approximate surface area is 183 Å². The number of rotatable bonds is 6. The number of hydrogen-bond donors (Lipinski definition) is 1. The van der Waals surface area contributed by atoms with Crippen LogP contribution in [0.15, 0.2) is 41.6 Å². The van der Waals surface area contributed by atoms with E-state index in [4.69, 9.17) is 19.0 Å². The second-order valence-electron chi connectivity index (χ2n) is 8.36. The molecule has 2 aliphatic rings. The minimum Gasteiger partial charge on any atom is -0.507 e. The number of ether oxygens (including phenoxy) is 3. The Morgan fingerprint density at radius 3 is 2.65 bits per heavy atom. The molecule has 164 valence electrons. The lowest BCUT2D eigenvalue weighted by Crippen LogP contribution is -2.32. The SMILES string of the molecule is C=C(C)[C@H](C)Cc1c(C)ccc(C2=NOC3COc4cc(OC)c(OC)cc4C23)c1O. The molecule has 3 atom stereocenters. The first-order chi connectivity index (χ1) is 14.8. The number of fused-ring (bicyclic) bond motifs is 3. The fourth-order valence-electron chi connectivity index (χ4n) is 4.21. The maximum Gasteiger partial charge on any atom is 0.173 e. The topological polar surface area (TPSA) is 69.5 Å². The van der Waals surface area contributed by atoms with Crippen LogP contribution in [-0.2, 0) is 11.3 Å². The molecule has 0 spiro atoms. The summed E-state index contributed by atoms with van der Waals surface area (Å²) in [6.07, 6.45) is 0.451. The van der Waals surface area contributed by atoms with Crippen molar-refractivity contribution in [1.82, 2.24) is 0 Å². The van der Waals surface area contributed by atoms with Gasteiger partial charge < -0.3 is 24.2 Å². The molecular weight excluding hydrogens is 394 g/mol. The van der Waals surface area contributed by atoms with Crippen molar-refractivity contribution in [1.29, 1.82) is 0 Å². The molecule has 6 heteroatoms. The minimum absolute atomic E-state index is 0.177. The molecule has 6 nitrogen and oxygen atoms in total. The van der Waals surface area contributed by atoms with Gasteiger partial charge >= 0.3 is 0 Å². The van der Waals surface area contributed by atoms with Crippen LogP contribution in [0.3, 0.4) is 0 Å². The monoisotopic (exact) mass is 423 g/mol. The van der Waals surface area contributed by atoms with Gasteiger partial charge in [0, 0.05) is 17.2 Å². The van der Waals surface area contributed by atoms with E-state index in [0.717, 1.165) is 22.3 Å². The molecule has 2 aromatic carbocycles. The van der Waals surface area contributed by atoms with Gasteiger partial charge in [0.2, 0.25) is 0 Å². The highest BCUT2D eigenvalue weighted by atomic mass is 16.7. The zero-order valence-corrected chi connectivity index (χ0v) is 18.7. The largest absolute Gasteiger partial charge is 0.507 e. The lowest BCUT2D eigenvalue weighted by molar-refractivity contribution is 0.0285. The van der Waals surface area contributed by atoms with Crippen LogP contribution in [0.4, 0.5) is 0 Å². The Kier molecular flexibility index (Phi) is 5.56. The Hall–Kier alpha value is -3.15. The van der Waals surface area contributed by atoms with Crippen molar-refractivity contribution in [2.45, 2.75) is 39.2 Å². The molecule has 2 aromatic rings. The molecule has 0 fully saturated rings. The molecule has 2 heterocycles. The van der Waals surface area contributed by atoms with Gasteiger partial charge in [-0.2, -0.15) is 0 Å². The van der Waals surface area contributed by atoms with Gasteiger partial charge in [-0.25, -0.2) is 0 Å². The summed E-state index contributed by atoms with van der Waals surface area (Å²) in [4.78, 5) is 5.72. The third-order valence-electron chi connectivity index (χ3n) is 6.35. The molecule has 0 aromatic heterocycles. The van der Waals surface area contributed by atoms with Crippen LogP contribution in [0.1, 0.15) is 42.0 Å². The molecule has 0 saturated carbocycles. The molecule has 31 heavy (non-hydrogen) atoms. The lowest BCUT2D eigenvalue weighted by Gasteiger charge is -2.28. The molecule has 2 aliphatic heterocycles. The van der Waals surface area contributed by atoms with E-state index >= 15 is 0 Å². The molecule has 0 bridgehead atoms. The second-order valence-corrected chi connectivity index (χ2v) is 8.36. The molecule has 0 aliphatic carbocycles. The maximum atomic E-state index is 11.2. The van der Waals surface area contributed by atoms with Gasteiger partial charge in [-0.1, -0.05) is 30.3 Å². The Morgan fingerprint density at radius 1 is 1.26 bits per heavy atom. The summed E-state index contributed by atoms with van der Waals surface area (Å²) < 4.78 is 16.8. The van der Waals surface area contributed by atoms with Crippen LogP contribution in [-0.4, -0.2) is 37.7 Å². The van der Waals surface area contributed by atoms with Crippen LogP contribution < -0.4 is 14.2 Å². The number of allylic oxidation sites excluding steroid dienone is 1. The van der Waals surface area contributed by atoms with E-state index in [9.17, 15) is 5.11 Å². The normalized spacial score (nSPS) is 20.0. The predicted molar refractivity (Wildman–Crippen MR) is 120 cm³/mol. The van der Waals surface area contributed by atoms with E-state index in [1.54, 1.807) is 14.2 Å². The Balaban J connectivity index is 1.78. The number of aryl methyl sites for hydroxylation is 1. The Morgan fingerprint density at radius 2 is 1.97 bits per heavy atom. The van der Waals surface area contributed by atoms with E-state index in [1.165, 1.54) is 0 Å². The fraction of sp³-hybridized carbons (Fsp3) is 0.400. The molecule has 0 amide bonds. The van der Waals surface area contributed by atoms with Crippen LogP contribution in [0, 0.1) is 12.8 Å². The molecule has 4 rings (SSSR count). The van der Waals surface area contributed by atoms with Gasteiger partial charge in [0.1, 0.15) is 23.8 Å². The number of hydrogen-bond acceptors (Lipinski definition) is 6. The highest BCUT2D eigenvalue weighted by Crippen LogP contribution is 2.47. The third-order valence-corrected chi connectivity index (χ3v) is 6.35. The fourth-order valence-corrected chi connectivity index (χ4v) is 4.21. The van der Waals surface area contributed by atoms with Crippen molar-refractivity contribution in [2.24, 2.45) is 11.1 Å². The summed E-state index contributed by atoms with van der Waals surface area (Å²) >= 11 is 0. The van der Waals surface area contributed by atoms with Gasteiger partial charge in [0.05, 0.1) is 20.1 Å². The van der Waals surface area contributed by atoms with Gasteiger partial charge in [0.15, 0.2) is 17.6 Å². The van der Waals surface area contributed by atoms with Crippen molar-refractivity contribution in [3.05, 3.63) is 58.7 Å². The zero-order valence-electron chi connectivity index (χ0n) is 18.7. The van der Waals surface area contributed by atoms with Crippen LogP contribution in [0.25, 0.3) is 0 Å². The smallest absolute Gasteiger partial charge is 0.173 e. The number of benzene rings is 2. The summed E-state index contributed by atoms with van der Waals surface area (Å²) in [5, 5.41) is 15.6. The summed E-state index contributed by atoms with van der Waals surface area (Å²) in [5.74, 6) is 2.26. The molecular formula is C25H29NO5. The van der Waals surface area contributed by atoms with E-state index in [2.05, 4.69) is 18.7 Å². The number of nitrogens with zero attached hydrogens (tertiary/aromatic N) is 1. The summed E-state index contributed by atoms with van der Waals surface area (Å²) in [7, 11) is 3.20. The standard InChI is InChI=1S/C25H29NO5/c1-13(2)15(4)9-17-14(3)7-8-16(25(17)27)24-23-18-10-20(28-5)21(29-6)11-19(18)30-12-22(23)31-26-24/h7-8,10-11,15,22-23,27H,1,9,12H2,2-6H3/t15-,22?,23?/m1/s1. The van der Waals surface area contributed by atoms with Crippen LogP contribution in [0.5, 0.6) is 23.0 Å². The number of oxime groups is 1. The third kappa shape index (κ3) is 3.60. The highest BCUT2D eigenvalue weighted by molar-refractivity contribution is 6.08. The predicted octanol–water partition coefficient (Wildman–Crippen LogP) is 4.75. The first-order valence-corrected chi connectivity index (χ1v) is 10.4. The van der Waals surface area contributed by atoms with Crippen LogP contribution in [0.2, 0.25) is 0 Å². The number of aromatic hydroxyl groups is 1. The Bertz CT molecular complexity index is 1060. The summed E-state index contributed by atoms with van der Waals surface area (Å²) in [5.41, 5.74) is 5.34. The van der Waals surface area contributed by atoms with Gasteiger partial charge in [-0.3, -0.25) is 0 Å². The maximum absolute atomic E-state index is 11.2. The zero-order chi connectivity index (χ0) is 22.3. The van der Waals surface area contributed by atoms with Crippen molar-refractivity contribution >= 4 is 5.71 Å². The first kappa shape index (κ1) is 21.1. The van der Waals surface area contributed by atoms with Crippen molar-refractivity contribution in [3.63, 3.8) is 0 Å². The van der Waals surface area contributed by atoms with E-state index in [-0.39, 0.29) is 23.7 Å². The number of methoxy groups -OCH3 is 2. The second kappa shape index (κ2) is 8.17. The quantitative estimate of drug-likeness (QED) is 0.679.